The van der Waals surface area contributed by atoms with Crippen LogP contribution in [0.1, 0.15) is 71.6 Å². The van der Waals surface area contributed by atoms with Gasteiger partial charge in [0.2, 0.25) is 0 Å². The van der Waals surface area contributed by atoms with E-state index >= 15 is 0 Å². The maximum absolute atomic E-state index is 12.2. The van der Waals surface area contributed by atoms with Crippen molar-refractivity contribution in [1.29, 1.82) is 0 Å². The number of hydrogen-bond donors (Lipinski definition) is 2. The SMILES string of the molecule is CCCCNC(=O)c1cc2nc3c(cc2[nH]1)CC(C(C)(C)C)CC3.[HH].[HH]. The number of fused-ring (bicyclic) bond motifs is 2. The number of aryl methyl sites for hydroxylation is 1. The summed E-state index contributed by atoms with van der Waals surface area (Å²) in [5.41, 5.74) is 5.37. The zero-order valence-corrected chi connectivity index (χ0v) is 15.3. The summed E-state index contributed by atoms with van der Waals surface area (Å²) >= 11 is 0. The number of pyridine rings is 1. The van der Waals surface area contributed by atoms with Crippen LogP contribution in [-0.2, 0) is 12.8 Å². The predicted molar refractivity (Wildman–Crippen MR) is 103 cm³/mol. The number of aromatic nitrogens is 2. The summed E-state index contributed by atoms with van der Waals surface area (Å²) in [7, 11) is 0. The minimum absolute atomic E-state index is 0. The van der Waals surface area contributed by atoms with Crippen molar-refractivity contribution in [3.8, 4) is 0 Å². The Morgan fingerprint density at radius 1 is 1.42 bits per heavy atom. The zero-order valence-electron chi connectivity index (χ0n) is 15.3. The third kappa shape index (κ3) is 3.47. The largest absolute Gasteiger partial charge is 0.351 e. The Kier molecular flexibility index (Phi) is 4.66. The number of unbranched alkanes of at least 4 members (excludes halogenated alkanes) is 1. The fraction of sp³-hybridized carbons (Fsp3) is 0.600. The summed E-state index contributed by atoms with van der Waals surface area (Å²) in [6.07, 6.45) is 5.40. The van der Waals surface area contributed by atoms with E-state index in [4.69, 9.17) is 4.98 Å². The van der Waals surface area contributed by atoms with Crippen LogP contribution in [0.25, 0.3) is 11.0 Å². The van der Waals surface area contributed by atoms with Crippen LogP contribution in [0.3, 0.4) is 0 Å². The number of nitrogens with zero attached hydrogens (tertiary/aromatic N) is 1. The first kappa shape index (κ1) is 17.0. The second-order valence-corrected chi connectivity index (χ2v) is 8.13. The fourth-order valence-electron chi connectivity index (χ4n) is 3.54. The molecule has 0 fully saturated rings. The highest BCUT2D eigenvalue weighted by atomic mass is 16.1. The third-order valence-corrected chi connectivity index (χ3v) is 5.25. The number of rotatable bonds is 4. The molecule has 2 heterocycles. The molecule has 1 amide bonds. The lowest BCUT2D eigenvalue weighted by Crippen LogP contribution is -2.27. The lowest BCUT2D eigenvalue weighted by atomic mass is 9.71. The van der Waals surface area contributed by atoms with Gasteiger partial charge in [0.25, 0.3) is 5.91 Å². The van der Waals surface area contributed by atoms with Gasteiger partial charge < -0.3 is 10.3 Å². The molecule has 1 atom stereocenters. The molecule has 0 radical (unpaired) electrons. The van der Waals surface area contributed by atoms with Gasteiger partial charge in [0.1, 0.15) is 5.69 Å². The molecule has 0 aliphatic heterocycles. The summed E-state index contributed by atoms with van der Waals surface area (Å²) in [6.45, 7) is 9.81. The highest BCUT2D eigenvalue weighted by molar-refractivity contribution is 5.97. The summed E-state index contributed by atoms with van der Waals surface area (Å²) in [4.78, 5) is 20.3. The molecule has 24 heavy (non-hydrogen) atoms. The van der Waals surface area contributed by atoms with Crippen LogP contribution in [-0.4, -0.2) is 22.4 Å². The van der Waals surface area contributed by atoms with Crippen molar-refractivity contribution >= 4 is 16.9 Å². The maximum atomic E-state index is 12.2. The lowest BCUT2D eigenvalue weighted by Gasteiger charge is -2.34. The fourth-order valence-corrected chi connectivity index (χ4v) is 3.54. The number of amides is 1. The summed E-state index contributed by atoms with van der Waals surface area (Å²) < 4.78 is 0. The van der Waals surface area contributed by atoms with Crippen LogP contribution < -0.4 is 5.32 Å². The van der Waals surface area contributed by atoms with Crippen molar-refractivity contribution in [3.63, 3.8) is 0 Å². The molecule has 3 rings (SSSR count). The van der Waals surface area contributed by atoms with Gasteiger partial charge >= 0.3 is 0 Å². The van der Waals surface area contributed by atoms with Gasteiger partial charge in [-0.15, -0.1) is 0 Å². The number of H-pyrrole nitrogens is 1. The van der Waals surface area contributed by atoms with Gasteiger partial charge in [0.05, 0.1) is 11.0 Å². The number of carbonyl (C=O) groups excluding carboxylic acids is 1. The van der Waals surface area contributed by atoms with Gasteiger partial charge in [0.15, 0.2) is 0 Å². The Morgan fingerprint density at radius 2 is 2.21 bits per heavy atom. The van der Waals surface area contributed by atoms with E-state index in [1.54, 1.807) is 0 Å². The zero-order chi connectivity index (χ0) is 17.3. The van der Waals surface area contributed by atoms with Gasteiger partial charge in [-0.05, 0) is 54.7 Å². The Bertz CT molecular complexity index is 749. The van der Waals surface area contributed by atoms with E-state index in [2.05, 4.69) is 44.1 Å². The first-order valence-corrected chi connectivity index (χ1v) is 9.18. The van der Waals surface area contributed by atoms with Crippen LogP contribution in [0.15, 0.2) is 12.1 Å². The minimum atomic E-state index is -0.0352. The maximum Gasteiger partial charge on any atom is 0.267 e. The summed E-state index contributed by atoms with van der Waals surface area (Å²) in [6, 6.07) is 4.09. The number of aromatic amines is 1. The molecular formula is C20H33N3O. The van der Waals surface area contributed by atoms with Crippen LogP contribution in [0.2, 0.25) is 0 Å². The van der Waals surface area contributed by atoms with E-state index in [0.29, 0.717) is 17.0 Å². The Morgan fingerprint density at radius 3 is 2.92 bits per heavy atom. The lowest BCUT2D eigenvalue weighted by molar-refractivity contribution is 0.0949. The monoisotopic (exact) mass is 331 g/mol. The molecule has 1 aliphatic rings. The molecule has 0 saturated heterocycles. The molecule has 1 aliphatic carbocycles. The molecule has 0 bridgehead atoms. The highest BCUT2D eigenvalue weighted by Gasteiger charge is 2.29. The Hall–Kier alpha value is -1.84. The first-order chi connectivity index (χ1) is 11.4. The van der Waals surface area contributed by atoms with Gasteiger partial charge in [-0.3, -0.25) is 9.78 Å². The molecule has 2 N–H and O–H groups in total. The minimum Gasteiger partial charge on any atom is -0.351 e. The van der Waals surface area contributed by atoms with Crippen LogP contribution in [0.4, 0.5) is 0 Å². The molecule has 4 heteroatoms. The van der Waals surface area contributed by atoms with Crippen LogP contribution in [0.5, 0.6) is 0 Å². The molecular weight excluding hydrogens is 298 g/mol. The van der Waals surface area contributed by atoms with Crippen molar-refractivity contribution < 1.29 is 7.65 Å². The molecule has 2 aromatic heterocycles. The van der Waals surface area contributed by atoms with Crippen molar-refractivity contribution in [2.45, 2.75) is 59.8 Å². The van der Waals surface area contributed by atoms with Gasteiger partial charge in [-0.2, -0.15) is 0 Å². The normalized spacial score (nSPS) is 17.8. The third-order valence-electron chi connectivity index (χ3n) is 5.25. The van der Waals surface area contributed by atoms with E-state index < -0.39 is 0 Å². The average molecular weight is 332 g/mol. The Labute approximate surface area is 147 Å². The molecule has 134 valence electrons. The van der Waals surface area contributed by atoms with E-state index in [1.165, 1.54) is 17.7 Å². The Balaban J connectivity index is 0.00000169. The van der Waals surface area contributed by atoms with Gasteiger partial charge in [-0.25, -0.2) is 0 Å². The first-order valence-electron chi connectivity index (χ1n) is 9.18. The number of hydrogen-bond acceptors (Lipinski definition) is 2. The molecule has 1 unspecified atom stereocenters. The van der Waals surface area contributed by atoms with Gasteiger partial charge in [0, 0.05) is 15.1 Å². The second kappa shape index (κ2) is 6.58. The topological polar surface area (TPSA) is 57.8 Å². The number of nitrogens with one attached hydrogen (secondary N) is 2. The van der Waals surface area contributed by atoms with Crippen molar-refractivity contribution in [1.82, 2.24) is 15.3 Å². The molecule has 4 nitrogen and oxygen atoms in total. The number of carbonyl (C=O) groups is 1. The second-order valence-electron chi connectivity index (χ2n) is 8.13. The van der Waals surface area contributed by atoms with Gasteiger partial charge in [-0.1, -0.05) is 34.1 Å². The van der Waals surface area contributed by atoms with E-state index in [-0.39, 0.29) is 8.76 Å². The molecule has 0 saturated carbocycles. The van der Waals surface area contributed by atoms with E-state index in [9.17, 15) is 4.79 Å². The molecule has 0 spiro atoms. The van der Waals surface area contributed by atoms with E-state index in [0.717, 1.165) is 43.3 Å². The van der Waals surface area contributed by atoms with Crippen LogP contribution >= 0.6 is 0 Å². The summed E-state index contributed by atoms with van der Waals surface area (Å²) in [5, 5.41) is 2.96. The summed E-state index contributed by atoms with van der Waals surface area (Å²) in [5.74, 6) is 0.656. The average Bonchev–Trinajstić information content (AvgIpc) is 2.94. The molecule has 2 aromatic rings. The predicted octanol–water partition coefficient (Wildman–Crippen LogP) is 4.74. The van der Waals surface area contributed by atoms with Crippen molar-refractivity contribution in [3.05, 3.63) is 29.1 Å². The van der Waals surface area contributed by atoms with Crippen molar-refractivity contribution in [2.24, 2.45) is 11.3 Å². The highest BCUT2D eigenvalue weighted by Crippen LogP contribution is 2.37. The van der Waals surface area contributed by atoms with Crippen LogP contribution in [0, 0.1) is 11.3 Å². The van der Waals surface area contributed by atoms with E-state index in [1.807, 2.05) is 6.07 Å². The van der Waals surface area contributed by atoms with Crippen molar-refractivity contribution in [2.75, 3.05) is 6.54 Å². The standard InChI is InChI=1S/C20H29N3O.2H2/c1-5-6-9-21-19(24)18-12-17-16(23-18)11-13-10-14(20(2,3)4)7-8-15(13)22-17;;/h11-12,14,23H,5-10H2,1-4H3,(H,21,24);2*1H. The quantitative estimate of drug-likeness (QED) is 0.795. The molecule has 0 aromatic carbocycles. The smallest absolute Gasteiger partial charge is 0.267 e.